The van der Waals surface area contributed by atoms with Crippen molar-refractivity contribution in [2.24, 2.45) is 0 Å². The van der Waals surface area contributed by atoms with E-state index in [2.05, 4.69) is 15.1 Å². The quantitative estimate of drug-likeness (QED) is 0.315. The molecule has 0 saturated heterocycles. The fourth-order valence-electron chi connectivity index (χ4n) is 2.62. The molecule has 1 aromatic carbocycles. The van der Waals surface area contributed by atoms with Gasteiger partial charge in [-0.15, -0.1) is 0 Å². The topological polar surface area (TPSA) is 83.0 Å². The Labute approximate surface area is 162 Å². The van der Waals surface area contributed by atoms with Crippen LogP contribution in [-0.2, 0) is 23.5 Å². The number of ether oxygens (including phenoxy) is 1. The molecule has 27 heavy (non-hydrogen) atoms. The zero-order valence-corrected chi connectivity index (χ0v) is 16.7. The van der Waals surface area contributed by atoms with E-state index in [0.717, 1.165) is 12.8 Å². The van der Waals surface area contributed by atoms with Crippen LogP contribution < -0.4 is 5.56 Å². The van der Waals surface area contributed by atoms with Crippen molar-refractivity contribution in [3.8, 4) is 0 Å². The minimum atomic E-state index is -0.0348. The highest BCUT2D eigenvalue weighted by Crippen LogP contribution is 2.22. The molecule has 0 aliphatic carbocycles. The molecule has 3 aromatic rings. The summed E-state index contributed by atoms with van der Waals surface area (Å²) in [5, 5.41) is 5.18. The molecule has 2 aromatic heterocycles. The van der Waals surface area contributed by atoms with Crippen molar-refractivity contribution in [1.29, 1.82) is 0 Å². The van der Waals surface area contributed by atoms with Crippen molar-refractivity contribution < 1.29 is 9.26 Å². The number of thioether (sulfide) groups is 1. The molecule has 0 spiro atoms. The Kier molecular flexibility index (Phi) is 6.63. The van der Waals surface area contributed by atoms with E-state index in [9.17, 15) is 4.79 Å². The first-order valence-corrected chi connectivity index (χ1v) is 10.1. The maximum atomic E-state index is 13.0. The Balaban J connectivity index is 1.83. The van der Waals surface area contributed by atoms with Crippen LogP contribution in [0.1, 0.15) is 38.9 Å². The lowest BCUT2D eigenvalue weighted by Crippen LogP contribution is -2.24. The Morgan fingerprint density at radius 2 is 2.07 bits per heavy atom. The van der Waals surface area contributed by atoms with Crippen LogP contribution in [0.4, 0.5) is 0 Å². The van der Waals surface area contributed by atoms with E-state index in [1.54, 1.807) is 4.57 Å². The summed E-state index contributed by atoms with van der Waals surface area (Å²) >= 11 is 1.43. The molecule has 0 N–H and O–H groups in total. The third-order valence-electron chi connectivity index (χ3n) is 3.95. The number of rotatable bonds is 9. The highest BCUT2D eigenvalue weighted by Gasteiger charge is 2.13. The van der Waals surface area contributed by atoms with Gasteiger partial charge in [0.25, 0.3) is 5.56 Å². The van der Waals surface area contributed by atoms with E-state index in [1.807, 2.05) is 45.0 Å². The van der Waals surface area contributed by atoms with Crippen LogP contribution >= 0.6 is 11.8 Å². The number of hydrogen-bond donors (Lipinski definition) is 0. The largest absolute Gasteiger partial charge is 0.379 e. The molecule has 3 rings (SSSR count). The Morgan fingerprint density at radius 3 is 2.81 bits per heavy atom. The van der Waals surface area contributed by atoms with Gasteiger partial charge in [-0.25, -0.2) is 4.98 Å². The molecule has 0 aliphatic rings. The molecular formula is C19H24N4O3S. The highest BCUT2D eigenvalue weighted by atomic mass is 32.2. The van der Waals surface area contributed by atoms with Crippen molar-refractivity contribution >= 4 is 22.7 Å². The second-order valence-electron chi connectivity index (χ2n) is 6.39. The summed E-state index contributed by atoms with van der Waals surface area (Å²) in [6, 6.07) is 7.41. The number of aromatic nitrogens is 4. The number of fused-ring (bicyclic) bond motifs is 1. The number of aryl methyl sites for hydroxylation is 1. The van der Waals surface area contributed by atoms with Gasteiger partial charge in [0.15, 0.2) is 11.0 Å². The van der Waals surface area contributed by atoms with Crippen LogP contribution in [-0.4, -0.2) is 32.4 Å². The van der Waals surface area contributed by atoms with Crippen molar-refractivity contribution in [2.45, 2.75) is 57.2 Å². The summed E-state index contributed by atoms with van der Waals surface area (Å²) in [5.74, 6) is 1.69. The predicted molar refractivity (Wildman–Crippen MR) is 105 cm³/mol. The Morgan fingerprint density at radius 1 is 1.26 bits per heavy atom. The van der Waals surface area contributed by atoms with E-state index in [4.69, 9.17) is 9.26 Å². The summed E-state index contributed by atoms with van der Waals surface area (Å²) in [6.07, 6.45) is 1.64. The summed E-state index contributed by atoms with van der Waals surface area (Å²) in [6.45, 7) is 7.13. The first-order valence-electron chi connectivity index (χ1n) is 9.14. The zero-order chi connectivity index (χ0) is 19.2. The normalized spacial score (nSPS) is 11.6. The van der Waals surface area contributed by atoms with Gasteiger partial charge in [-0.1, -0.05) is 36.0 Å². The number of benzene rings is 1. The van der Waals surface area contributed by atoms with Crippen LogP contribution in [0.25, 0.3) is 10.9 Å². The standard InChI is InChI=1S/C19H24N4O3S/c1-4-16-21-17(26-22-16)12-27-19-20-15-9-6-5-8-14(15)18(24)23(19)10-7-11-25-13(2)3/h5-6,8-9,13H,4,7,10-12H2,1-3H3. The average molecular weight is 388 g/mol. The minimum Gasteiger partial charge on any atom is -0.379 e. The molecule has 144 valence electrons. The van der Waals surface area contributed by atoms with E-state index in [0.29, 0.717) is 46.7 Å². The van der Waals surface area contributed by atoms with Crippen molar-refractivity contribution in [3.05, 3.63) is 46.3 Å². The van der Waals surface area contributed by atoms with Gasteiger partial charge >= 0.3 is 0 Å². The lowest BCUT2D eigenvalue weighted by molar-refractivity contribution is 0.0743. The second-order valence-corrected chi connectivity index (χ2v) is 7.33. The molecule has 0 atom stereocenters. The highest BCUT2D eigenvalue weighted by molar-refractivity contribution is 7.98. The van der Waals surface area contributed by atoms with Gasteiger partial charge in [-0.3, -0.25) is 9.36 Å². The van der Waals surface area contributed by atoms with Gasteiger partial charge < -0.3 is 9.26 Å². The lowest BCUT2D eigenvalue weighted by atomic mass is 10.2. The molecule has 0 bridgehead atoms. The molecule has 0 amide bonds. The Bertz CT molecular complexity index is 952. The number of nitrogens with zero attached hydrogens (tertiary/aromatic N) is 4. The fourth-order valence-corrected chi connectivity index (χ4v) is 3.48. The summed E-state index contributed by atoms with van der Waals surface area (Å²) in [5.41, 5.74) is 0.659. The van der Waals surface area contributed by atoms with Crippen molar-refractivity contribution in [2.75, 3.05) is 6.61 Å². The molecule has 0 radical (unpaired) electrons. The molecule has 2 heterocycles. The fraction of sp³-hybridized carbons (Fsp3) is 0.474. The van der Waals surface area contributed by atoms with E-state index < -0.39 is 0 Å². The predicted octanol–water partition coefficient (Wildman–Crippen LogP) is 3.45. The molecule has 0 aliphatic heterocycles. The van der Waals surface area contributed by atoms with Gasteiger partial charge in [-0.05, 0) is 32.4 Å². The molecule has 0 fully saturated rings. The van der Waals surface area contributed by atoms with E-state index in [1.165, 1.54) is 11.8 Å². The molecular weight excluding hydrogens is 364 g/mol. The van der Waals surface area contributed by atoms with Crippen molar-refractivity contribution in [1.82, 2.24) is 19.7 Å². The van der Waals surface area contributed by atoms with Crippen molar-refractivity contribution in [3.63, 3.8) is 0 Å². The summed E-state index contributed by atoms with van der Waals surface area (Å²) in [4.78, 5) is 22.0. The molecule has 8 heteroatoms. The zero-order valence-electron chi connectivity index (χ0n) is 15.8. The second kappa shape index (κ2) is 9.14. The summed E-state index contributed by atoms with van der Waals surface area (Å²) in [7, 11) is 0. The third-order valence-corrected chi connectivity index (χ3v) is 4.92. The molecule has 0 saturated carbocycles. The van der Waals surface area contributed by atoms with Gasteiger partial charge in [-0.2, -0.15) is 4.98 Å². The van der Waals surface area contributed by atoms with Crippen LogP contribution in [0, 0.1) is 0 Å². The summed E-state index contributed by atoms with van der Waals surface area (Å²) < 4.78 is 12.6. The first-order chi connectivity index (χ1) is 13.1. The molecule has 0 unspecified atom stereocenters. The average Bonchev–Trinajstić information content (AvgIpc) is 3.13. The first kappa shape index (κ1) is 19.6. The number of para-hydroxylation sites is 1. The van der Waals surface area contributed by atoms with Crippen LogP contribution in [0.2, 0.25) is 0 Å². The van der Waals surface area contributed by atoms with Crippen LogP contribution in [0.15, 0.2) is 38.7 Å². The number of hydrogen-bond acceptors (Lipinski definition) is 7. The lowest BCUT2D eigenvalue weighted by Gasteiger charge is -2.13. The Hall–Kier alpha value is -2.19. The van der Waals surface area contributed by atoms with E-state index >= 15 is 0 Å². The van der Waals surface area contributed by atoms with E-state index in [-0.39, 0.29) is 11.7 Å². The van der Waals surface area contributed by atoms with Gasteiger partial charge in [0.2, 0.25) is 5.89 Å². The van der Waals surface area contributed by atoms with Gasteiger partial charge in [0, 0.05) is 19.6 Å². The molecule has 7 nitrogen and oxygen atoms in total. The van der Waals surface area contributed by atoms with Gasteiger partial charge in [0.05, 0.1) is 22.8 Å². The van der Waals surface area contributed by atoms with Crippen LogP contribution in [0.5, 0.6) is 0 Å². The third kappa shape index (κ3) is 4.95. The monoisotopic (exact) mass is 388 g/mol. The maximum Gasteiger partial charge on any atom is 0.262 e. The van der Waals surface area contributed by atoms with Crippen LogP contribution in [0.3, 0.4) is 0 Å². The smallest absolute Gasteiger partial charge is 0.262 e. The SMILES string of the molecule is CCc1noc(CSc2nc3ccccc3c(=O)n2CCCOC(C)C)n1. The van der Waals surface area contributed by atoms with Gasteiger partial charge in [0.1, 0.15) is 0 Å². The minimum absolute atomic E-state index is 0.0348. The maximum absolute atomic E-state index is 13.0.